The molecule has 2 aromatic carbocycles. The minimum Gasteiger partial charge on any atom is -0.454 e. The van der Waals surface area contributed by atoms with Crippen LogP contribution in [-0.2, 0) is 11.2 Å². The monoisotopic (exact) mass is 338 g/mol. The third-order valence-electron chi connectivity index (χ3n) is 4.94. The van der Waals surface area contributed by atoms with Crippen LogP contribution in [-0.4, -0.2) is 37.2 Å². The first-order chi connectivity index (χ1) is 12.2. The summed E-state index contributed by atoms with van der Waals surface area (Å²) in [6.45, 7) is 1.23. The lowest BCUT2D eigenvalue weighted by Crippen LogP contribution is -2.39. The van der Waals surface area contributed by atoms with Crippen LogP contribution in [0.2, 0.25) is 0 Å². The summed E-state index contributed by atoms with van der Waals surface area (Å²) in [5.41, 5.74) is 2.18. The van der Waals surface area contributed by atoms with E-state index in [1.165, 1.54) is 5.56 Å². The van der Waals surface area contributed by atoms with Gasteiger partial charge in [0.1, 0.15) is 0 Å². The summed E-state index contributed by atoms with van der Waals surface area (Å²) in [5.74, 6) is 1.50. The molecule has 130 valence electrons. The van der Waals surface area contributed by atoms with Crippen molar-refractivity contribution in [3.05, 3.63) is 59.7 Å². The quantitative estimate of drug-likeness (QED) is 0.931. The van der Waals surface area contributed by atoms with E-state index in [2.05, 4.69) is 29.4 Å². The number of fused-ring (bicyclic) bond motifs is 1. The molecule has 2 heterocycles. The molecule has 0 radical (unpaired) electrons. The molecular formula is C20H22N2O3. The van der Waals surface area contributed by atoms with Gasteiger partial charge < -0.3 is 14.8 Å². The zero-order valence-corrected chi connectivity index (χ0v) is 14.3. The Morgan fingerprint density at radius 1 is 1.16 bits per heavy atom. The number of carbonyl (C=O) groups is 1. The fourth-order valence-corrected chi connectivity index (χ4v) is 3.73. The van der Waals surface area contributed by atoms with Gasteiger partial charge in [-0.1, -0.05) is 36.4 Å². The molecule has 0 aliphatic carbocycles. The molecule has 0 saturated carbocycles. The van der Waals surface area contributed by atoms with E-state index in [-0.39, 0.29) is 24.8 Å². The second-order valence-electron chi connectivity index (χ2n) is 6.66. The largest absolute Gasteiger partial charge is 0.454 e. The summed E-state index contributed by atoms with van der Waals surface area (Å²) in [5, 5.41) is 3.22. The highest BCUT2D eigenvalue weighted by molar-refractivity contribution is 5.79. The first kappa shape index (κ1) is 16.0. The number of ether oxygens (including phenoxy) is 2. The van der Waals surface area contributed by atoms with Crippen LogP contribution in [0.25, 0.3) is 0 Å². The standard InChI is InChI=1S/C20H22N2O3/c1-22-10-9-16(20(22)15-5-3-2-4-6-15)21-19(23)12-14-7-8-17-18(11-14)25-13-24-17/h2-8,11,16,20H,9-10,12-13H2,1H3,(H,21,23). The fraction of sp³-hybridized carbons (Fsp3) is 0.350. The van der Waals surface area contributed by atoms with Gasteiger partial charge in [-0.15, -0.1) is 0 Å². The van der Waals surface area contributed by atoms with Gasteiger partial charge >= 0.3 is 0 Å². The summed E-state index contributed by atoms with van der Waals surface area (Å²) >= 11 is 0. The number of benzene rings is 2. The van der Waals surface area contributed by atoms with Crippen LogP contribution in [0.3, 0.4) is 0 Å². The van der Waals surface area contributed by atoms with Crippen molar-refractivity contribution in [2.75, 3.05) is 20.4 Å². The van der Waals surface area contributed by atoms with Gasteiger partial charge in [-0.05, 0) is 36.7 Å². The van der Waals surface area contributed by atoms with E-state index in [9.17, 15) is 4.79 Å². The van der Waals surface area contributed by atoms with Gasteiger partial charge in [-0.25, -0.2) is 0 Å². The van der Waals surface area contributed by atoms with Crippen LogP contribution in [0.4, 0.5) is 0 Å². The van der Waals surface area contributed by atoms with Gasteiger partial charge in [0, 0.05) is 12.6 Å². The van der Waals surface area contributed by atoms with Crippen molar-refractivity contribution in [1.29, 1.82) is 0 Å². The number of nitrogens with zero attached hydrogens (tertiary/aromatic N) is 1. The molecule has 2 atom stereocenters. The van der Waals surface area contributed by atoms with Gasteiger partial charge in [0.05, 0.1) is 12.5 Å². The third kappa shape index (κ3) is 3.33. The molecule has 1 saturated heterocycles. The summed E-state index contributed by atoms with van der Waals surface area (Å²) in [7, 11) is 2.11. The third-order valence-corrected chi connectivity index (χ3v) is 4.94. The van der Waals surface area contributed by atoms with E-state index in [1.54, 1.807) is 0 Å². The van der Waals surface area contributed by atoms with Crippen molar-refractivity contribution >= 4 is 5.91 Å². The number of likely N-dealkylation sites (tertiary alicyclic amines) is 1. The Bertz CT molecular complexity index is 763. The lowest BCUT2D eigenvalue weighted by molar-refractivity contribution is -0.121. The maximum atomic E-state index is 12.6. The van der Waals surface area contributed by atoms with E-state index in [1.807, 2.05) is 36.4 Å². The van der Waals surface area contributed by atoms with Crippen LogP contribution in [0, 0.1) is 0 Å². The van der Waals surface area contributed by atoms with Crippen LogP contribution in [0.5, 0.6) is 11.5 Å². The number of hydrogen-bond donors (Lipinski definition) is 1. The summed E-state index contributed by atoms with van der Waals surface area (Å²) in [6.07, 6.45) is 1.31. The lowest BCUT2D eigenvalue weighted by atomic mass is 10.00. The van der Waals surface area contributed by atoms with Crippen molar-refractivity contribution in [2.24, 2.45) is 0 Å². The normalized spacial score (nSPS) is 22.1. The van der Waals surface area contributed by atoms with Gasteiger partial charge in [-0.3, -0.25) is 9.69 Å². The maximum absolute atomic E-state index is 12.6. The van der Waals surface area contributed by atoms with Crippen LogP contribution in [0.15, 0.2) is 48.5 Å². The molecule has 2 unspecified atom stereocenters. The molecule has 2 aliphatic rings. The van der Waals surface area contributed by atoms with E-state index in [4.69, 9.17) is 9.47 Å². The molecule has 0 bridgehead atoms. The molecule has 1 fully saturated rings. The number of likely N-dealkylation sites (N-methyl/N-ethyl adjacent to an activating group) is 1. The number of amides is 1. The Morgan fingerprint density at radius 3 is 2.80 bits per heavy atom. The first-order valence-electron chi connectivity index (χ1n) is 8.64. The topological polar surface area (TPSA) is 50.8 Å². The zero-order valence-electron chi connectivity index (χ0n) is 14.3. The molecule has 2 aromatic rings. The van der Waals surface area contributed by atoms with Crippen molar-refractivity contribution in [1.82, 2.24) is 10.2 Å². The Morgan fingerprint density at radius 2 is 1.96 bits per heavy atom. The van der Waals surface area contributed by atoms with Crippen LogP contribution < -0.4 is 14.8 Å². The summed E-state index contributed by atoms with van der Waals surface area (Å²) in [6, 6.07) is 16.4. The molecular weight excluding hydrogens is 316 g/mol. The SMILES string of the molecule is CN1CCC(NC(=O)Cc2ccc3c(c2)OCO3)C1c1ccccc1. The Labute approximate surface area is 147 Å². The predicted molar refractivity (Wildman–Crippen MR) is 94.6 cm³/mol. The van der Waals surface area contributed by atoms with E-state index < -0.39 is 0 Å². The zero-order chi connectivity index (χ0) is 17.2. The van der Waals surface area contributed by atoms with Crippen LogP contribution in [0.1, 0.15) is 23.6 Å². The van der Waals surface area contributed by atoms with Gasteiger partial charge in [-0.2, -0.15) is 0 Å². The second-order valence-corrected chi connectivity index (χ2v) is 6.66. The van der Waals surface area contributed by atoms with Gasteiger partial charge in [0.25, 0.3) is 0 Å². The first-order valence-corrected chi connectivity index (χ1v) is 8.64. The predicted octanol–water partition coefficient (Wildman–Crippen LogP) is 2.52. The Hall–Kier alpha value is -2.53. The molecule has 5 nitrogen and oxygen atoms in total. The van der Waals surface area contributed by atoms with E-state index in [0.717, 1.165) is 24.3 Å². The Kier molecular flexibility index (Phi) is 4.32. The minimum atomic E-state index is 0.0418. The highest BCUT2D eigenvalue weighted by atomic mass is 16.7. The minimum absolute atomic E-state index is 0.0418. The van der Waals surface area contributed by atoms with Gasteiger partial charge in [0.2, 0.25) is 12.7 Å². The number of rotatable bonds is 4. The maximum Gasteiger partial charge on any atom is 0.231 e. The van der Waals surface area contributed by atoms with Crippen molar-refractivity contribution in [3.63, 3.8) is 0 Å². The van der Waals surface area contributed by atoms with E-state index >= 15 is 0 Å². The molecule has 5 heteroatoms. The lowest BCUT2D eigenvalue weighted by Gasteiger charge is -2.26. The molecule has 2 aliphatic heterocycles. The molecule has 1 amide bonds. The van der Waals surface area contributed by atoms with Crippen LogP contribution >= 0.6 is 0 Å². The average molecular weight is 338 g/mol. The number of carbonyl (C=O) groups excluding carboxylic acids is 1. The summed E-state index contributed by atoms with van der Waals surface area (Å²) < 4.78 is 10.7. The molecule has 25 heavy (non-hydrogen) atoms. The van der Waals surface area contributed by atoms with E-state index in [0.29, 0.717) is 12.2 Å². The highest BCUT2D eigenvalue weighted by Gasteiger charge is 2.33. The second kappa shape index (κ2) is 6.76. The average Bonchev–Trinajstić information content (AvgIpc) is 3.22. The molecule has 4 rings (SSSR count). The van der Waals surface area contributed by atoms with Crippen molar-refractivity contribution in [3.8, 4) is 11.5 Å². The smallest absolute Gasteiger partial charge is 0.231 e. The fourth-order valence-electron chi connectivity index (χ4n) is 3.73. The van der Waals surface area contributed by atoms with Gasteiger partial charge in [0.15, 0.2) is 11.5 Å². The Balaban J connectivity index is 1.43. The number of nitrogens with one attached hydrogen (secondary N) is 1. The molecule has 1 N–H and O–H groups in total. The van der Waals surface area contributed by atoms with Crippen molar-refractivity contribution in [2.45, 2.75) is 24.9 Å². The number of hydrogen-bond acceptors (Lipinski definition) is 4. The molecule has 0 aromatic heterocycles. The highest BCUT2D eigenvalue weighted by Crippen LogP contribution is 2.33. The molecule has 0 spiro atoms. The summed E-state index contributed by atoms with van der Waals surface area (Å²) in [4.78, 5) is 14.9. The van der Waals surface area contributed by atoms with Crippen molar-refractivity contribution < 1.29 is 14.3 Å².